The van der Waals surface area contributed by atoms with Crippen molar-refractivity contribution in [2.75, 3.05) is 0 Å². The lowest BCUT2D eigenvalue weighted by Crippen LogP contribution is -2.29. The second kappa shape index (κ2) is 5.91. The van der Waals surface area contributed by atoms with Gasteiger partial charge in [0, 0.05) is 5.56 Å². The summed E-state index contributed by atoms with van der Waals surface area (Å²) in [6.07, 6.45) is 0.585. The smallest absolute Gasteiger partial charge is 0.423 e. The van der Waals surface area contributed by atoms with Crippen LogP contribution in [0.3, 0.4) is 0 Å². The second-order valence-corrected chi connectivity index (χ2v) is 4.66. The zero-order valence-electron chi connectivity index (χ0n) is 11.2. The SMILES string of the molecule is OB(O)c1ccc(-c2nnc(Cc3ccccc3)o2)cc1. The number of aromatic nitrogens is 2. The molecule has 0 radical (unpaired) electrons. The summed E-state index contributed by atoms with van der Waals surface area (Å²) in [5, 5.41) is 26.2. The minimum Gasteiger partial charge on any atom is -0.423 e. The summed E-state index contributed by atoms with van der Waals surface area (Å²) in [5.41, 5.74) is 2.26. The third-order valence-electron chi connectivity index (χ3n) is 3.12. The lowest BCUT2D eigenvalue weighted by atomic mass is 9.80. The van der Waals surface area contributed by atoms with Gasteiger partial charge in [-0.3, -0.25) is 0 Å². The fraction of sp³-hybridized carbons (Fsp3) is 0.0667. The Morgan fingerprint density at radius 1 is 0.905 bits per heavy atom. The molecule has 0 bridgehead atoms. The Balaban J connectivity index is 1.78. The first-order valence-electron chi connectivity index (χ1n) is 6.55. The second-order valence-electron chi connectivity index (χ2n) is 4.66. The molecule has 104 valence electrons. The van der Waals surface area contributed by atoms with Gasteiger partial charge in [-0.15, -0.1) is 10.2 Å². The summed E-state index contributed by atoms with van der Waals surface area (Å²) in [4.78, 5) is 0. The number of hydrogen-bond donors (Lipinski definition) is 2. The monoisotopic (exact) mass is 280 g/mol. The highest BCUT2D eigenvalue weighted by molar-refractivity contribution is 6.58. The molecule has 0 spiro atoms. The van der Waals surface area contributed by atoms with Crippen LogP contribution in [0.15, 0.2) is 59.0 Å². The summed E-state index contributed by atoms with van der Waals surface area (Å²) >= 11 is 0. The highest BCUT2D eigenvalue weighted by atomic mass is 16.4. The summed E-state index contributed by atoms with van der Waals surface area (Å²) in [7, 11) is -1.48. The zero-order valence-corrected chi connectivity index (χ0v) is 11.2. The topological polar surface area (TPSA) is 79.4 Å². The van der Waals surface area contributed by atoms with Crippen LogP contribution in [0.5, 0.6) is 0 Å². The fourth-order valence-corrected chi connectivity index (χ4v) is 2.01. The van der Waals surface area contributed by atoms with E-state index in [4.69, 9.17) is 14.5 Å². The minimum absolute atomic E-state index is 0.417. The summed E-state index contributed by atoms with van der Waals surface area (Å²) in [6.45, 7) is 0. The Bertz CT molecular complexity index is 711. The van der Waals surface area contributed by atoms with Crippen molar-refractivity contribution in [3.05, 3.63) is 66.1 Å². The molecule has 1 heterocycles. The molecule has 21 heavy (non-hydrogen) atoms. The van der Waals surface area contributed by atoms with Gasteiger partial charge in [0.2, 0.25) is 11.8 Å². The van der Waals surface area contributed by atoms with Gasteiger partial charge in [0.25, 0.3) is 0 Å². The van der Waals surface area contributed by atoms with Crippen LogP contribution in [-0.4, -0.2) is 27.4 Å². The van der Waals surface area contributed by atoms with E-state index in [0.717, 1.165) is 11.1 Å². The van der Waals surface area contributed by atoms with E-state index < -0.39 is 7.12 Å². The first-order chi connectivity index (χ1) is 10.2. The van der Waals surface area contributed by atoms with Crippen molar-refractivity contribution in [1.82, 2.24) is 10.2 Å². The van der Waals surface area contributed by atoms with E-state index in [1.54, 1.807) is 24.3 Å². The Kier molecular flexibility index (Phi) is 3.81. The molecule has 2 N–H and O–H groups in total. The Morgan fingerprint density at radius 2 is 1.62 bits per heavy atom. The van der Waals surface area contributed by atoms with E-state index >= 15 is 0 Å². The van der Waals surface area contributed by atoms with Crippen LogP contribution >= 0.6 is 0 Å². The first kappa shape index (κ1) is 13.5. The molecule has 0 saturated carbocycles. The maximum absolute atomic E-state index is 9.06. The molecule has 0 saturated heterocycles. The molecule has 0 aliphatic carbocycles. The molecule has 1 aromatic heterocycles. The molecule has 2 aromatic carbocycles. The molecule has 6 heteroatoms. The van der Waals surface area contributed by atoms with Crippen molar-refractivity contribution in [3.63, 3.8) is 0 Å². The van der Waals surface area contributed by atoms with Crippen LogP contribution in [0.2, 0.25) is 0 Å². The van der Waals surface area contributed by atoms with E-state index in [-0.39, 0.29) is 0 Å². The molecule has 0 atom stereocenters. The third-order valence-corrected chi connectivity index (χ3v) is 3.12. The summed E-state index contributed by atoms with van der Waals surface area (Å²) in [5.74, 6) is 0.961. The quantitative estimate of drug-likeness (QED) is 0.697. The molecule has 0 aliphatic rings. The number of nitrogens with zero attached hydrogens (tertiary/aromatic N) is 2. The maximum Gasteiger partial charge on any atom is 0.488 e. The van der Waals surface area contributed by atoms with Gasteiger partial charge in [0.1, 0.15) is 0 Å². The van der Waals surface area contributed by atoms with Crippen molar-refractivity contribution < 1.29 is 14.5 Å². The van der Waals surface area contributed by atoms with Gasteiger partial charge in [-0.05, 0) is 23.2 Å². The average molecular weight is 280 g/mol. The van der Waals surface area contributed by atoms with Gasteiger partial charge in [0.15, 0.2) is 0 Å². The fourth-order valence-electron chi connectivity index (χ4n) is 2.01. The van der Waals surface area contributed by atoms with E-state index in [0.29, 0.717) is 23.7 Å². The molecule has 0 amide bonds. The van der Waals surface area contributed by atoms with Gasteiger partial charge in [-0.2, -0.15) is 0 Å². The van der Waals surface area contributed by atoms with Gasteiger partial charge in [-0.25, -0.2) is 0 Å². The van der Waals surface area contributed by atoms with E-state index in [2.05, 4.69) is 10.2 Å². The number of rotatable bonds is 4. The van der Waals surface area contributed by atoms with Gasteiger partial charge >= 0.3 is 7.12 Å². The first-order valence-corrected chi connectivity index (χ1v) is 6.55. The van der Waals surface area contributed by atoms with Crippen molar-refractivity contribution in [1.29, 1.82) is 0 Å². The minimum atomic E-state index is -1.48. The summed E-state index contributed by atoms with van der Waals surface area (Å²) in [6, 6.07) is 16.5. The summed E-state index contributed by atoms with van der Waals surface area (Å²) < 4.78 is 5.63. The van der Waals surface area contributed by atoms with E-state index in [1.807, 2.05) is 30.3 Å². The van der Waals surface area contributed by atoms with Crippen LogP contribution in [0, 0.1) is 0 Å². The molecular weight excluding hydrogens is 267 g/mol. The Morgan fingerprint density at radius 3 is 2.29 bits per heavy atom. The van der Waals surface area contributed by atoms with Gasteiger partial charge in [-0.1, -0.05) is 42.5 Å². The van der Waals surface area contributed by atoms with E-state index in [9.17, 15) is 0 Å². The Hall–Kier alpha value is -2.44. The highest BCUT2D eigenvalue weighted by Crippen LogP contribution is 2.18. The van der Waals surface area contributed by atoms with Crippen LogP contribution in [0.1, 0.15) is 11.5 Å². The lowest BCUT2D eigenvalue weighted by Gasteiger charge is -1.99. The van der Waals surface area contributed by atoms with Crippen LogP contribution in [0.25, 0.3) is 11.5 Å². The Labute approximate surface area is 122 Å². The number of hydrogen-bond acceptors (Lipinski definition) is 5. The molecule has 0 fully saturated rings. The maximum atomic E-state index is 9.06. The normalized spacial score (nSPS) is 10.6. The highest BCUT2D eigenvalue weighted by Gasteiger charge is 2.13. The van der Waals surface area contributed by atoms with Crippen LogP contribution in [0.4, 0.5) is 0 Å². The van der Waals surface area contributed by atoms with Crippen LogP contribution < -0.4 is 5.46 Å². The predicted molar refractivity (Wildman–Crippen MR) is 78.8 cm³/mol. The molecule has 3 aromatic rings. The van der Waals surface area contributed by atoms with Gasteiger partial charge < -0.3 is 14.5 Å². The molecule has 0 unspecified atom stereocenters. The lowest BCUT2D eigenvalue weighted by molar-refractivity contribution is 0.426. The molecule has 3 rings (SSSR count). The van der Waals surface area contributed by atoms with Crippen molar-refractivity contribution in [3.8, 4) is 11.5 Å². The van der Waals surface area contributed by atoms with Crippen molar-refractivity contribution in [2.45, 2.75) is 6.42 Å². The van der Waals surface area contributed by atoms with Crippen molar-refractivity contribution >= 4 is 12.6 Å². The largest absolute Gasteiger partial charge is 0.488 e. The third kappa shape index (κ3) is 3.18. The number of benzene rings is 2. The molecule has 0 aliphatic heterocycles. The van der Waals surface area contributed by atoms with Crippen molar-refractivity contribution in [2.24, 2.45) is 0 Å². The molecule has 5 nitrogen and oxygen atoms in total. The van der Waals surface area contributed by atoms with Crippen LogP contribution in [-0.2, 0) is 6.42 Å². The molecular formula is C15H13BN2O3. The van der Waals surface area contributed by atoms with E-state index in [1.165, 1.54) is 0 Å². The van der Waals surface area contributed by atoms with Gasteiger partial charge in [0.05, 0.1) is 6.42 Å². The predicted octanol–water partition coefficient (Wildman–Crippen LogP) is 1.01. The average Bonchev–Trinajstić information content (AvgIpc) is 2.97. The standard InChI is InChI=1S/C15H13BN2O3/c19-16(20)13-8-6-12(7-9-13)15-18-17-14(21-15)10-11-4-2-1-3-5-11/h1-9,19-20H,10H2. The zero-order chi connectivity index (χ0) is 14.7.